The standard InChI is InChI=1S/2C30H32N6O.C16H15N5.C13H17ClN2O.CH3F.2CH4.I2.HI/c2*1-22-5-6-24(18-28(22)34-30-32-13-11-27(33-30)26-4-3-12-31-20-26)19-29(37)25-9-7-23(8-10-25)21-36-16-14-35(2)15-17-36;1-11-4-5-13(17)9-15(11)21-16-19-8-6-14(20-16)12-3-2-7-18-10-12;1-15-6-8-16(9-7-15)10-11-2-4-12(5-3-11)13(14)17;1-2;;;1-2;/h2*3-13,18,20H,14-17,19,21H2,1-2H3,(H,32,33,34);2-10H,17H2,1H3,(H,19,20,21);2-5H,6-10H2,1H3;1H3;2*1H4;;1H/i;;;;1D;;;;. The number of aryl methyl sites for hydroxylation is 3. The van der Waals surface area contributed by atoms with Gasteiger partial charge in [0.15, 0.2) is 11.6 Å². The molecule has 6 aromatic heterocycles. The zero-order chi connectivity index (χ0) is 82.8. The molecule has 119 heavy (non-hydrogen) atoms. The number of carbonyl (C=O) groups excluding carboxylic acids is 3. The first-order valence-corrected chi connectivity index (χ1v) is 44.8. The third-order valence-corrected chi connectivity index (χ3v) is 20.1. The fraction of sp³-hybridized carbons (Fsp3) is 0.283. The molecule has 6 aromatic carbocycles. The minimum absolute atomic E-state index is 0. The van der Waals surface area contributed by atoms with Gasteiger partial charge in [-0.3, -0.25) is 48.4 Å². The lowest BCUT2D eigenvalue weighted by Crippen LogP contribution is -2.43. The molecule has 3 aliphatic heterocycles. The van der Waals surface area contributed by atoms with E-state index in [0.29, 0.717) is 41.9 Å². The summed E-state index contributed by atoms with van der Waals surface area (Å²) in [6.45, 7) is 22.1. The molecule has 624 valence electrons. The Kier molecular flexibility index (Phi) is 40.2. The summed E-state index contributed by atoms with van der Waals surface area (Å²) < 4.78 is 15.5. The summed E-state index contributed by atoms with van der Waals surface area (Å²) in [6.07, 6.45) is 16.4. The fourth-order valence-corrected chi connectivity index (χ4v) is 13.1. The second-order valence-electron chi connectivity index (χ2n) is 28.6. The molecule has 0 radical (unpaired) electrons. The minimum atomic E-state index is -1.00. The van der Waals surface area contributed by atoms with Crippen LogP contribution in [0.15, 0.2) is 238 Å². The molecular weight excluding hydrogens is 1850 g/mol. The Morgan fingerprint density at radius 2 is 0.706 bits per heavy atom. The van der Waals surface area contributed by atoms with E-state index in [1.54, 1.807) is 67.9 Å². The van der Waals surface area contributed by atoms with Gasteiger partial charge in [0.1, 0.15) is 0 Å². The number of anilines is 7. The second kappa shape index (κ2) is 50.5. The number of nitrogen functional groups attached to an aromatic ring is 1. The van der Waals surface area contributed by atoms with Gasteiger partial charge in [-0.1, -0.05) is 106 Å². The van der Waals surface area contributed by atoms with Gasteiger partial charge in [0.05, 0.1) is 25.6 Å². The van der Waals surface area contributed by atoms with Gasteiger partial charge >= 0.3 is 0 Å². The topological polar surface area (TPSA) is 249 Å². The van der Waals surface area contributed by atoms with E-state index in [0.717, 1.165) is 188 Å². The largest absolute Gasteiger partial charge is 0.399 e. The number of nitrogens with zero attached hydrogens (tertiary/aromatic N) is 15. The van der Waals surface area contributed by atoms with Gasteiger partial charge < -0.3 is 36.4 Å². The lowest BCUT2D eigenvalue weighted by molar-refractivity contribution is 0.0984. The number of hydrogen-bond acceptors (Lipinski definition) is 22. The molecule has 0 aliphatic carbocycles. The van der Waals surface area contributed by atoms with E-state index in [-0.39, 0.29) is 50.4 Å². The van der Waals surface area contributed by atoms with Gasteiger partial charge in [0, 0.05) is 260 Å². The number of aromatic nitrogens is 9. The van der Waals surface area contributed by atoms with Crippen LogP contribution in [0.5, 0.6) is 0 Å². The van der Waals surface area contributed by atoms with Crippen LogP contribution in [0.25, 0.3) is 33.8 Å². The number of benzene rings is 6. The molecule has 0 saturated carbocycles. The highest BCUT2D eigenvalue weighted by Gasteiger charge is 2.20. The molecule has 0 bridgehead atoms. The van der Waals surface area contributed by atoms with E-state index in [1.807, 2.05) is 166 Å². The maximum Gasteiger partial charge on any atom is 0.252 e. The molecular formula is C92H108ClFI3N19O3. The third-order valence-electron chi connectivity index (χ3n) is 19.9. The molecule has 0 spiro atoms. The van der Waals surface area contributed by atoms with Gasteiger partial charge in [0.2, 0.25) is 17.8 Å². The quantitative estimate of drug-likeness (QED) is 0.0213. The summed E-state index contributed by atoms with van der Waals surface area (Å²) in [7, 11) is 5.48. The lowest BCUT2D eigenvalue weighted by atomic mass is 10.00. The average Bonchev–Trinajstić information content (AvgIpc) is 0.839. The highest BCUT2D eigenvalue weighted by Crippen LogP contribution is 2.28. The number of rotatable bonds is 22. The van der Waals surface area contributed by atoms with E-state index < -0.39 is 12.4 Å². The number of piperazine rings is 3. The van der Waals surface area contributed by atoms with Crippen molar-refractivity contribution in [1.29, 1.82) is 0 Å². The second-order valence-corrected chi connectivity index (χ2v) is 28.9. The predicted octanol–water partition coefficient (Wildman–Crippen LogP) is 18.8. The SMILES string of the molecule is C.C.CN1CCN(Cc2ccc(C(=O)Cl)cc2)CC1.Cc1ccc(CC(=O)c2ccc(CN3CCN(C)CC3)cc2)cc1Nc1nccc(-c2cccnc2)n1.Cc1ccc(CC(=O)c2ccc(CN3CCN(C)CC3)cc2)cc1Nc1nccc(-c2cccnc2)n1.Cc1ccc(N)cc1Nc1nccc(-c2cccnc2)n1.I.II.[2H]CF. The Morgan fingerprint density at radius 1 is 0.420 bits per heavy atom. The molecule has 0 unspecified atom stereocenters. The molecule has 9 heterocycles. The maximum absolute atomic E-state index is 13.0. The summed E-state index contributed by atoms with van der Waals surface area (Å²) in [5, 5.41) is 9.45. The van der Waals surface area contributed by atoms with Crippen LogP contribution < -0.4 is 21.7 Å². The van der Waals surface area contributed by atoms with Crippen molar-refractivity contribution in [1.82, 2.24) is 74.3 Å². The lowest BCUT2D eigenvalue weighted by Gasteiger charge is -2.32. The van der Waals surface area contributed by atoms with Gasteiger partial charge in [-0.25, -0.2) is 29.9 Å². The fourth-order valence-electron chi connectivity index (χ4n) is 12.9. The number of carbonyl (C=O) groups is 3. The first-order valence-electron chi connectivity index (χ1n) is 38.9. The van der Waals surface area contributed by atoms with Crippen LogP contribution >= 0.6 is 72.8 Å². The number of pyridine rings is 3. The van der Waals surface area contributed by atoms with Crippen molar-refractivity contribution in [2.24, 2.45) is 0 Å². The molecule has 0 amide bonds. The molecule has 22 nitrogen and oxygen atoms in total. The average molecular weight is 1960 g/mol. The van der Waals surface area contributed by atoms with Crippen LogP contribution in [0.4, 0.5) is 45.0 Å². The Bertz CT molecular complexity index is 4890. The van der Waals surface area contributed by atoms with Crippen LogP contribution in [-0.4, -0.2) is 198 Å². The number of alkyl halides is 1. The zero-order valence-electron chi connectivity index (χ0n) is 67.7. The predicted molar refractivity (Wildman–Crippen MR) is 511 cm³/mol. The molecule has 27 heteroatoms. The van der Waals surface area contributed by atoms with Crippen LogP contribution in [0, 0.1) is 20.8 Å². The number of ketones is 2. The Morgan fingerprint density at radius 3 is 1.00 bits per heavy atom. The zero-order valence-corrected chi connectivity index (χ0v) is 74.1. The molecule has 3 aliphatic rings. The molecule has 12 aromatic rings. The number of nitrogens with two attached hydrogens (primary N) is 1. The van der Waals surface area contributed by atoms with E-state index in [2.05, 4.69) is 173 Å². The van der Waals surface area contributed by atoms with Crippen LogP contribution in [0.1, 0.15) is 91.8 Å². The summed E-state index contributed by atoms with van der Waals surface area (Å²) in [4.78, 5) is 90.7. The minimum Gasteiger partial charge on any atom is -0.399 e. The third kappa shape index (κ3) is 30.9. The first kappa shape index (κ1) is 94.9. The monoisotopic (exact) mass is 1960 g/mol. The molecule has 15 rings (SSSR count). The van der Waals surface area contributed by atoms with Crippen molar-refractivity contribution >= 4 is 130 Å². The first-order chi connectivity index (χ1) is 56.8. The van der Waals surface area contributed by atoms with Gasteiger partial charge in [-0.05, 0) is 189 Å². The van der Waals surface area contributed by atoms with Gasteiger partial charge in [-0.15, -0.1) is 24.0 Å². The van der Waals surface area contributed by atoms with Gasteiger partial charge in [-0.2, -0.15) is 0 Å². The van der Waals surface area contributed by atoms with E-state index in [1.165, 1.54) is 16.7 Å². The number of nitrogens with one attached hydrogen (secondary N) is 3. The van der Waals surface area contributed by atoms with Crippen LogP contribution in [0.2, 0.25) is 0 Å². The number of likely N-dealkylation sites (N-methyl/N-ethyl adjacent to an activating group) is 3. The summed E-state index contributed by atoms with van der Waals surface area (Å²) >= 11 is 9.65. The van der Waals surface area contributed by atoms with E-state index in [4.69, 9.17) is 18.7 Å². The maximum atomic E-state index is 13.0. The van der Waals surface area contributed by atoms with Gasteiger partial charge in [0.25, 0.3) is 5.24 Å². The summed E-state index contributed by atoms with van der Waals surface area (Å²) in [5.74, 6) is 1.75. The van der Waals surface area contributed by atoms with E-state index in [9.17, 15) is 18.8 Å². The number of hydrogen-bond donors (Lipinski definition) is 4. The smallest absolute Gasteiger partial charge is 0.252 e. The normalized spacial score (nSPS) is 13.6. The highest BCUT2D eigenvalue weighted by atomic mass is 128. The van der Waals surface area contributed by atoms with Crippen molar-refractivity contribution in [2.45, 2.75) is 68.1 Å². The number of halogens is 5. The van der Waals surface area contributed by atoms with Crippen molar-refractivity contribution in [3.8, 4) is 33.8 Å². The Labute approximate surface area is 747 Å². The molecule has 3 fully saturated rings. The Hall–Kier alpha value is -9.61. The number of Topliss-reactive ketones (excluding diaryl/α,β-unsaturated/α-hetero) is 2. The van der Waals surface area contributed by atoms with Crippen molar-refractivity contribution in [2.75, 3.05) is 129 Å². The van der Waals surface area contributed by atoms with Crippen molar-refractivity contribution in [3.63, 3.8) is 0 Å². The summed E-state index contributed by atoms with van der Waals surface area (Å²) in [6, 6.07) is 58.6. The molecule has 0 atom stereocenters. The van der Waals surface area contributed by atoms with Crippen molar-refractivity contribution in [3.05, 3.63) is 299 Å². The highest BCUT2D eigenvalue weighted by molar-refractivity contribution is 15.0. The molecule has 3 saturated heterocycles. The van der Waals surface area contributed by atoms with E-state index >= 15 is 0 Å². The van der Waals surface area contributed by atoms with Crippen LogP contribution in [-0.2, 0) is 32.5 Å². The van der Waals surface area contributed by atoms with Crippen molar-refractivity contribution < 1.29 is 20.1 Å². The van der Waals surface area contributed by atoms with Crippen LogP contribution in [0.3, 0.4) is 0 Å². The molecule has 5 N–H and O–H groups in total. The summed E-state index contributed by atoms with van der Waals surface area (Å²) in [5.41, 5.74) is 25.3. The Balaban J connectivity index is 0.000000224.